The number of hydrogen-bond acceptors (Lipinski definition) is 3. The highest BCUT2D eigenvalue weighted by Crippen LogP contribution is 2.55. The first-order valence-corrected chi connectivity index (χ1v) is 24.2. The SMILES string of the molecule is CCCCc1ccc(N2c3cc4sc5ccccc5c4cc3B3c4c(cc(-c5ccccc5)cc42)-c2cc4c(cc2N3c2ccccc2)C(C)(C)CCC4(C)C)c(-c2ccccc2)c1. The number of para-hydroxylation sites is 1. The molecule has 0 fully saturated rings. The summed E-state index contributed by atoms with van der Waals surface area (Å²) in [6.07, 6.45) is 5.74. The van der Waals surface area contributed by atoms with Crippen molar-refractivity contribution in [2.45, 2.75) is 77.6 Å². The van der Waals surface area contributed by atoms with Gasteiger partial charge in [-0.15, -0.1) is 11.3 Å². The zero-order valence-corrected chi connectivity index (χ0v) is 38.4. The fourth-order valence-electron chi connectivity index (χ4n) is 11.3. The van der Waals surface area contributed by atoms with Crippen molar-refractivity contribution in [1.82, 2.24) is 0 Å². The van der Waals surface area contributed by atoms with Gasteiger partial charge in [-0.1, -0.05) is 150 Å². The summed E-state index contributed by atoms with van der Waals surface area (Å²) in [7, 11) is 0. The normalized spacial score (nSPS) is 15.5. The van der Waals surface area contributed by atoms with E-state index < -0.39 is 0 Å². The van der Waals surface area contributed by atoms with Crippen molar-refractivity contribution < 1.29 is 0 Å². The van der Waals surface area contributed by atoms with Gasteiger partial charge in [0, 0.05) is 54.0 Å². The summed E-state index contributed by atoms with van der Waals surface area (Å²) in [5.41, 5.74) is 21.0. The second-order valence-electron chi connectivity index (χ2n) is 19.8. The summed E-state index contributed by atoms with van der Waals surface area (Å²) >= 11 is 1.91. The van der Waals surface area contributed by atoms with E-state index in [0.717, 1.165) is 6.42 Å². The number of thiophene rings is 1. The molecular weight excluding hydrogens is 792 g/mol. The van der Waals surface area contributed by atoms with E-state index >= 15 is 0 Å². The summed E-state index contributed by atoms with van der Waals surface area (Å²) in [6.45, 7) is 12.1. The van der Waals surface area contributed by atoms with Crippen molar-refractivity contribution in [3.8, 4) is 33.4 Å². The molecule has 0 unspecified atom stereocenters. The van der Waals surface area contributed by atoms with E-state index in [9.17, 15) is 0 Å². The summed E-state index contributed by atoms with van der Waals surface area (Å²) < 4.78 is 2.64. The minimum absolute atomic E-state index is 0.0553. The predicted octanol–water partition coefficient (Wildman–Crippen LogP) is 15.8. The first-order chi connectivity index (χ1) is 31.2. The average Bonchev–Trinajstić information content (AvgIpc) is 3.69. The minimum Gasteiger partial charge on any atom is -0.376 e. The molecule has 0 amide bonds. The van der Waals surface area contributed by atoms with E-state index in [2.05, 4.69) is 214 Å². The van der Waals surface area contributed by atoms with Crippen LogP contribution >= 0.6 is 11.3 Å². The molecule has 2 aliphatic heterocycles. The molecule has 9 aromatic rings. The van der Waals surface area contributed by atoms with Crippen LogP contribution in [0.4, 0.5) is 28.4 Å². The van der Waals surface area contributed by atoms with Crippen molar-refractivity contribution in [1.29, 1.82) is 0 Å². The van der Waals surface area contributed by atoms with E-state index in [1.54, 1.807) is 0 Å². The lowest BCUT2D eigenvalue weighted by atomic mass is 9.43. The van der Waals surface area contributed by atoms with Gasteiger partial charge in [0.05, 0.1) is 5.69 Å². The third kappa shape index (κ3) is 6.13. The molecule has 312 valence electrons. The Bertz CT molecular complexity index is 3270. The molecule has 2 nitrogen and oxygen atoms in total. The molecular formula is C60H53BN2S. The second-order valence-corrected chi connectivity index (χ2v) is 20.9. The number of benzene rings is 8. The van der Waals surface area contributed by atoms with Crippen molar-refractivity contribution in [2.75, 3.05) is 9.71 Å². The Morgan fingerprint density at radius 1 is 0.516 bits per heavy atom. The first-order valence-electron chi connectivity index (χ1n) is 23.4. The lowest BCUT2D eigenvalue weighted by Gasteiger charge is -2.48. The molecule has 0 bridgehead atoms. The summed E-state index contributed by atoms with van der Waals surface area (Å²) in [6, 6.07) is 65.1. The third-order valence-corrected chi connectivity index (χ3v) is 16.0. The Hall–Kier alpha value is -6.36. The molecule has 12 rings (SSSR count). The van der Waals surface area contributed by atoms with Crippen LogP contribution in [0.25, 0.3) is 53.6 Å². The van der Waals surface area contributed by atoms with E-state index in [4.69, 9.17) is 0 Å². The first kappa shape index (κ1) is 39.3. The molecule has 1 aliphatic carbocycles. The van der Waals surface area contributed by atoms with Crippen LogP contribution in [0, 0.1) is 0 Å². The van der Waals surface area contributed by atoms with Crippen molar-refractivity contribution in [2.24, 2.45) is 0 Å². The number of unbranched alkanes of at least 4 members (excludes halogenated alkanes) is 1. The highest BCUT2D eigenvalue weighted by Gasteiger charge is 2.48. The summed E-state index contributed by atoms with van der Waals surface area (Å²) in [5, 5.41) is 2.66. The van der Waals surface area contributed by atoms with Crippen LogP contribution in [0.3, 0.4) is 0 Å². The maximum Gasteiger partial charge on any atom is 0.333 e. The van der Waals surface area contributed by atoms with Gasteiger partial charge in [-0.25, -0.2) is 0 Å². The van der Waals surface area contributed by atoms with Gasteiger partial charge in [0.1, 0.15) is 0 Å². The number of rotatable bonds is 7. The van der Waals surface area contributed by atoms with Crippen molar-refractivity contribution in [3.05, 3.63) is 187 Å². The maximum absolute atomic E-state index is 2.71. The van der Waals surface area contributed by atoms with Crippen LogP contribution in [0.5, 0.6) is 0 Å². The zero-order valence-electron chi connectivity index (χ0n) is 37.6. The van der Waals surface area contributed by atoms with E-state index in [-0.39, 0.29) is 17.7 Å². The lowest BCUT2D eigenvalue weighted by Crippen LogP contribution is -2.61. The van der Waals surface area contributed by atoms with Crippen molar-refractivity contribution in [3.63, 3.8) is 0 Å². The fraction of sp³-hybridized carbons (Fsp3) is 0.200. The predicted molar refractivity (Wildman–Crippen MR) is 278 cm³/mol. The van der Waals surface area contributed by atoms with Gasteiger partial charge < -0.3 is 9.71 Å². The van der Waals surface area contributed by atoms with Gasteiger partial charge >= 0.3 is 6.85 Å². The van der Waals surface area contributed by atoms with Gasteiger partial charge in [-0.3, -0.25) is 0 Å². The molecule has 0 spiro atoms. The average molecular weight is 845 g/mol. The largest absolute Gasteiger partial charge is 0.376 e. The molecule has 8 aromatic carbocycles. The summed E-state index contributed by atoms with van der Waals surface area (Å²) in [5.74, 6) is 0. The monoisotopic (exact) mass is 844 g/mol. The van der Waals surface area contributed by atoms with E-state index in [1.165, 1.54) is 135 Å². The number of fused-ring (bicyclic) bond motifs is 8. The Morgan fingerprint density at radius 3 is 1.92 bits per heavy atom. The van der Waals surface area contributed by atoms with E-state index in [1.807, 2.05) is 11.3 Å². The molecule has 3 heterocycles. The van der Waals surface area contributed by atoms with Crippen LogP contribution in [0.2, 0.25) is 0 Å². The zero-order chi connectivity index (χ0) is 43.3. The Kier molecular flexibility index (Phi) is 9.11. The van der Waals surface area contributed by atoms with Gasteiger partial charge in [-0.2, -0.15) is 0 Å². The van der Waals surface area contributed by atoms with Crippen LogP contribution in [-0.2, 0) is 17.3 Å². The smallest absolute Gasteiger partial charge is 0.333 e. The molecule has 64 heavy (non-hydrogen) atoms. The molecule has 0 saturated heterocycles. The van der Waals surface area contributed by atoms with Gasteiger partial charge in [0.25, 0.3) is 0 Å². The van der Waals surface area contributed by atoms with Gasteiger partial charge in [0.15, 0.2) is 0 Å². The Balaban J connectivity index is 1.25. The molecule has 3 aliphatic rings. The van der Waals surface area contributed by atoms with Crippen LogP contribution in [-0.4, -0.2) is 6.85 Å². The van der Waals surface area contributed by atoms with Crippen LogP contribution < -0.4 is 20.6 Å². The van der Waals surface area contributed by atoms with Gasteiger partial charge in [0.2, 0.25) is 0 Å². The summed E-state index contributed by atoms with van der Waals surface area (Å²) in [4.78, 5) is 5.37. The number of aryl methyl sites for hydroxylation is 1. The fourth-order valence-corrected chi connectivity index (χ4v) is 12.5. The lowest BCUT2D eigenvalue weighted by molar-refractivity contribution is 0.332. The van der Waals surface area contributed by atoms with Crippen molar-refractivity contribution >= 4 is 77.7 Å². The maximum atomic E-state index is 2.71. The Morgan fingerprint density at radius 2 is 1.19 bits per heavy atom. The Labute approximate surface area is 383 Å². The standard InChI is InChI=1S/C60H53BN2S/c1-6-7-19-39-28-29-52(45(32-39)41-22-13-9-14-23-41)62-54-38-57-47(44-26-17-18-27-56(44)64-57)36-51(54)61-58-48(33-42(34-55(58)62)40-20-11-8-12-21-40)46-35-49-50(60(4,5)31-30-59(49,2)3)37-53(46)63(61)43-24-15-10-16-25-43/h8-18,20-29,32-38H,6-7,19,30-31H2,1-5H3. The second kappa shape index (κ2) is 14.9. The molecule has 4 heteroatoms. The highest BCUT2D eigenvalue weighted by molar-refractivity contribution is 7.26. The molecule has 1 aromatic heterocycles. The molecule has 0 saturated carbocycles. The third-order valence-electron chi connectivity index (χ3n) is 14.9. The van der Waals surface area contributed by atoms with E-state index in [0.29, 0.717) is 0 Å². The molecule has 0 atom stereocenters. The quantitative estimate of drug-likeness (QED) is 0.148. The highest BCUT2D eigenvalue weighted by atomic mass is 32.1. The van der Waals surface area contributed by atoms with Gasteiger partial charge in [-0.05, 0) is 147 Å². The molecule has 0 N–H and O–H groups in total. The number of anilines is 5. The van der Waals surface area contributed by atoms with Crippen LogP contribution in [0.1, 0.15) is 77.0 Å². The number of nitrogens with zero attached hydrogens (tertiary/aromatic N) is 2. The topological polar surface area (TPSA) is 6.48 Å². The number of hydrogen-bond donors (Lipinski definition) is 0. The molecule has 0 radical (unpaired) electrons. The minimum atomic E-state index is -0.0826. The van der Waals surface area contributed by atoms with Crippen LogP contribution in [0.15, 0.2) is 170 Å².